The predicted molar refractivity (Wildman–Crippen MR) is 102 cm³/mol. The number of nitrogens with zero attached hydrogens (tertiary/aromatic N) is 2. The third-order valence-corrected chi connectivity index (χ3v) is 5.08. The Labute approximate surface area is 161 Å². The molecule has 0 aliphatic rings. The first-order valence-corrected chi connectivity index (χ1v) is 9.39. The highest BCUT2D eigenvalue weighted by molar-refractivity contribution is 7.13. The Kier molecular flexibility index (Phi) is 5.71. The molecule has 6 nitrogen and oxygen atoms in total. The van der Waals surface area contributed by atoms with E-state index in [-0.39, 0.29) is 18.9 Å². The van der Waals surface area contributed by atoms with Crippen molar-refractivity contribution >= 4 is 23.2 Å². The van der Waals surface area contributed by atoms with Crippen molar-refractivity contribution in [1.29, 1.82) is 0 Å². The fourth-order valence-electron chi connectivity index (χ4n) is 2.66. The summed E-state index contributed by atoms with van der Waals surface area (Å²) in [6, 6.07) is 12.1. The van der Waals surface area contributed by atoms with E-state index in [1.54, 1.807) is 5.38 Å². The van der Waals surface area contributed by atoms with Gasteiger partial charge in [-0.05, 0) is 31.5 Å². The lowest BCUT2D eigenvalue weighted by Crippen LogP contribution is -2.43. The van der Waals surface area contributed by atoms with E-state index in [1.165, 1.54) is 23.2 Å². The first-order valence-electron chi connectivity index (χ1n) is 8.51. The number of carboxylic acids is 1. The van der Waals surface area contributed by atoms with Crippen LogP contribution in [0.25, 0.3) is 10.8 Å². The number of carboxylic acid groups (broad SMARTS) is 1. The van der Waals surface area contributed by atoms with Gasteiger partial charge in [-0.25, -0.2) is 9.78 Å². The van der Waals surface area contributed by atoms with Gasteiger partial charge in [0.1, 0.15) is 11.8 Å². The number of rotatable bonds is 7. The van der Waals surface area contributed by atoms with Crippen molar-refractivity contribution in [2.75, 3.05) is 0 Å². The number of benzene rings is 1. The lowest BCUT2D eigenvalue weighted by Gasteiger charge is -2.26. The van der Waals surface area contributed by atoms with Gasteiger partial charge < -0.3 is 14.4 Å². The summed E-state index contributed by atoms with van der Waals surface area (Å²) >= 11 is 1.40. The topological polar surface area (TPSA) is 83.6 Å². The maximum atomic E-state index is 12.8. The van der Waals surface area contributed by atoms with Crippen molar-refractivity contribution in [3.63, 3.8) is 0 Å². The molecule has 2 heterocycles. The van der Waals surface area contributed by atoms with Crippen LogP contribution in [0.3, 0.4) is 0 Å². The first-order chi connectivity index (χ1) is 12.9. The highest BCUT2D eigenvalue weighted by Gasteiger charge is 2.26. The molecule has 0 aliphatic carbocycles. The van der Waals surface area contributed by atoms with Crippen LogP contribution in [0.15, 0.2) is 52.3 Å². The molecule has 0 aliphatic heterocycles. The first kappa shape index (κ1) is 18.8. The molecular formula is C20H20N2O4S. The van der Waals surface area contributed by atoms with Gasteiger partial charge in [0, 0.05) is 11.9 Å². The molecule has 3 rings (SSSR count). The van der Waals surface area contributed by atoms with Gasteiger partial charge >= 0.3 is 5.97 Å². The second-order valence-electron chi connectivity index (χ2n) is 6.25. The second kappa shape index (κ2) is 8.18. The van der Waals surface area contributed by atoms with Crippen molar-refractivity contribution in [1.82, 2.24) is 9.88 Å². The van der Waals surface area contributed by atoms with Crippen LogP contribution in [-0.2, 0) is 22.6 Å². The van der Waals surface area contributed by atoms with E-state index in [0.717, 1.165) is 11.3 Å². The van der Waals surface area contributed by atoms with Crippen LogP contribution in [-0.4, -0.2) is 32.9 Å². The van der Waals surface area contributed by atoms with E-state index in [2.05, 4.69) is 4.98 Å². The van der Waals surface area contributed by atoms with Gasteiger partial charge in [0.2, 0.25) is 5.91 Å². The summed E-state index contributed by atoms with van der Waals surface area (Å²) in [4.78, 5) is 30.1. The number of aromatic nitrogens is 1. The number of hydrogen-bond donors (Lipinski definition) is 1. The maximum Gasteiger partial charge on any atom is 0.326 e. The van der Waals surface area contributed by atoms with E-state index in [4.69, 9.17) is 4.42 Å². The van der Waals surface area contributed by atoms with Gasteiger partial charge in [-0.2, -0.15) is 0 Å². The lowest BCUT2D eigenvalue weighted by molar-refractivity contribution is -0.149. The summed E-state index contributed by atoms with van der Waals surface area (Å²) < 4.78 is 5.56. The Hall–Kier alpha value is -2.93. The largest absolute Gasteiger partial charge is 0.480 e. The van der Waals surface area contributed by atoms with Crippen molar-refractivity contribution in [3.8, 4) is 10.8 Å². The molecule has 1 atom stereocenters. The zero-order valence-electron chi connectivity index (χ0n) is 15.1. The fourth-order valence-corrected chi connectivity index (χ4v) is 3.44. The van der Waals surface area contributed by atoms with Crippen molar-refractivity contribution in [3.05, 3.63) is 64.9 Å². The number of carbonyl (C=O) groups excluding carboxylic acids is 1. The van der Waals surface area contributed by atoms with E-state index < -0.39 is 12.0 Å². The molecule has 2 aromatic heterocycles. The molecule has 27 heavy (non-hydrogen) atoms. The number of carbonyl (C=O) groups is 2. The normalized spacial score (nSPS) is 11.9. The molecule has 7 heteroatoms. The van der Waals surface area contributed by atoms with Crippen molar-refractivity contribution in [2.24, 2.45) is 0 Å². The molecule has 1 unspecified atom stereocenters. The van der Waals surface area contributed by atoms with Crippen LogP contribution in [0.1, 0.15) is 23.9 Å². The summed E-state index contributed by atoms with van der Waals surface area (Å²) in [5, 5.41) is 11.9. The number of thiazole rings is 1. The maximum absolute atomic E-state index is 12.8. The zero-order valence-corrected chi connectivity index (χ0v) is 15.9. The second-order valence-corrected chi connectivity index (χ2v) is 7.11. The quantitative estimate of drug-likeness (QED) is 0.671. The Morgan fingerprint density at radius 2 is 1.96 bits per heavy atom. The van der Waals surface area contributed by atoms with Gasteiger partial charge in [-0.15, -0.1) is 11.3 Å². The van der Waals surface area contributed by atoms with Crippen LogP contribution >= 0.6 is 11.3 Å². The molecule has 0 saturated carbocycles. The SMILES string of the molecule is Cc1ccc(-c2nc(CC(=O)N(Cc3ccccc3)C(C)C(=O)O)cs2)o1. The Balaban J connectivity index is 1.76. The van der Waals surface area contributed by atoms with Gasteiger partial charge in [0.25, 0.3) is 0 Å². The van der Waals surface area contributed by atoms with E-state index in [1.807, 2.05) is 49.4 Å². The smallest absolute Gasteiger partial charge is 0.326 e. The summed E-state index contributed by atoms with van der Waals surface area (Å²) in [7, 11) is 0. The van der Waals surface area contributed by atoms with Crippen LogP contribution in [0.5, 0.6) is 0 Å². The third kappa shape index (κ3) is 4.62. The van der Waals surface area contributed by atoms with E-state index in [9.17, 15) is 14.7 Å². The number of hydrogen-bond acceptors (Lipinski definition) is 5. The Morgan fingerprint density at radius 1 is 1.22 bits per heavy atom. The monoisotopic (exact) mass is 384 g/mol. The van der Waals surface area contributed by atoms with Crippen LogP contribution in [0.2, 0.25) is 0 Å². The number of aliphatic carboxylic acids is 1. The van der Waals surface area contributed by atoms with Crippen LogP contribution < -0.4 is 0 Å². The molecule has 0 saturated heterocycles. The molecule has 1 amide bonds. The molecular weight excluding hydrogens is 364 g/mol. The molecule has 0 bridgehead atoms. The average molecular weight is 384 g/mol. The Bertz CT molecular complexity index is 932. The molecule has 1 aromatic carbocycles. The minimum Gasteiger partial charge on any atom is -0.480 e. The zero-order chi connectivity index (χ0) is 19.4. The van der Waals surface area contributed by atoms with E-state index >= 15 is 0 Å². The molecule has 140 valence electrons. The predicted octanol–water partition coefficient (Wildman–Crippen LogP) is 3.76. The minimum absolute atomic E-state index is 0.0423. The molecule has 0 fully saturated rings. The summed E-state index contributed by atoms with van der Waals surface area (Å²) in [5.74, 6) is 0.143. The van der Waals surface area contributed by atoms with Crippen molar-refractivity contribution in [2.45, 2.75) is 32.9 Å². The molecule has 1 N–H and O–H groups in total. The van der Waals surface area contributed by atoms with Crippen molar-refractivity contribution < 1.29 is 19.1 Å². The summed E-state index contributed by atoms with van der Waals surface area (Å²) in [6.07, 6.45) is 0.0423. The summed E-state index contributed by atoms with van der Waals surface area (Å²) in [6.45, 7) is 3.61. The lowest BCUT2D eigenvalue weighted by atomic mass is 10.1. The molecule has 0 spiro atoms. The van der Waals surface area contributed by atoms with Gasteiger partial charge in [-0.3, -0.25) is 4.79 Å². The van der Waals surface area contributed by atoms with Gasteiger partial charge in [0.05, 0.1) is 12.1 Å². The third-order valence-electron chi connectivity index (χ3n) is 4.18. The molecule has 3 aromatic rings. The highest BCUT2D eigenvalue weighted by Crippen LogP contribution is 2.26. The summed E-state index contributed by atoms with van der Waals surface area (Å²) in [5.41, 5.74) is 1.48. The standard InChI is InChI=1S/C20H20N2O4S/c1-13-8-9-17(26-13)19-21-16(12-27-19)10-18(23)22(14(2)20(24)25)11-15-6-4-3-5-7-15/h3-9,12,14H,10-11H2,1-2H3,(H,24,25). The average Bonchev–Trinajstić information content (AvgIpc) is 3.28. The fraction of sp³-hybridized carbons (Fsp3) is 0.250. The van der Waals surface area contributed by atoms with Gasteiger partial charge in [-0.1, -0.05) is 30.3 Å². The number of furan rings is 1. The molecule has 0 radical (unpaired) electrons. The Morgan fingerprint density at radius 3 is 2.59 bits per heavy atom. The highest BCUT2D eigenvalue weighted by atomic mass is 32.1. The van der Waals surface area contributed by atoms with Crippen LogP contribution in [0.4, 0.5) is 0 Å². The van der Waals surface area contributed by atoms with Gasteiger partial charge in [0.15, 0.2) is 10.8 Å². The number of amides is 1. The minimum atomic E-state index is -1.04. The number of aryl methyl sites for hydroxylation is 1. The van der Waals surface area contributed by atoms with E-state index in [0.29, 0.717) is 16.5 Å². The van der Waals surface area contributed by atoms with Crippen LogP contribution in [0, 0.1) is 6.92 Å².